The van der Waals surface area contributed by atoms with Gasteiger partial charge in [-0.3, -0.25) is 0 Å². The summed E-state index contributed by atoms with van der Waals surface area (Å²) in [5, 5.41) is 0. The van der Waals surface area contributed by atoms with Gasteiger partial charge in [-0.1, -0.05) is 169 Å². The molecule has 7 aromatic carbocycles. The highest BCUT2D eigenvalue weighted by Gasteiger charge is 2.48. The lowest BCUT2D eigenvalue weighted by atomic mass is 9.63. The van der Waals surface area contributed by atoms with E-state index in [1.165, 1.54) is 54.3 Å². The highest BCUT2D eigenvalue weighted by Crippen LogP contribution is 2.61. The molecule has 0 saturated carbocycles. The smallest absolute Gasteiger partial charge is 0.160 e. The summed E-state index contributed by atoms with van der Waals surface area (Å²) in [6.45, 7) is 0. The maximum Gasteiger partial charge on any atom is 0.160 e. The number of hydrogen-bond acceptors (Lipinski definition) is 5. The Morgan fingerprint density at radius 2 is 0.821 bits per heavy atom. The Kier molecular flexibility index (Phi) is 7.61. The third-order valence-electron chi connectivity index (χ3n) is 11.1. The molecule has 0 atom stereocenters. The van der Waals surface area contributed by atoms with Gasteiger partial charge in [0.25, 0.3) is 0 Å². The van der Waals surface area contributed by atoms with E-state index in [1.807, 2.05) is 72.7 Å². The minimum Gasteiger partial charge on any atom is -0.236 e. The zero-order chi connectivity index (χ0) is 37.1. The Bertz CT molecular complexity index is 2900. The number of rotatable bonds is 4. The third kappa shape index (κ3) is 5.09. The van der Waals surface area contributed by atoms with Crippen LogP contribution in [-0.2, 0) is 5.41 Å². The number of fused-ring (bicyclic) bond motifs is 11. The second kappa shape index (κ2) is 13.1. The first-order valence-corrected chi connectivity index (χ1v) is 19.6. The van der Waals surface area contributed by atoms with Crippen molar-refractivity contribution in [3.8, 4) is 67.5 Å². The first-order valence-electron chi connectivity index (χ1n) is 18.8. The second-order valence-electron chi connectivity index (χ2n) is 14.2. The maximum absolute atomic E-state index is 5.29. The summed E-state index contributed by atoms with van der Waals surface area (Å²) in [4.78, 5) is 22.5. The summed E-state index contributed by atoms with van der Waals surface area (Å²) in [7, 11) is 0. The van der Waals surface area contributed by atoms with Crippen molar-refractivity contribution in [3.63, 3.8) is 0 Å². The van der Waals surface area contributed by atoms with Crippen LogP contribution in [0.1, 0.15) is 22.3 Å². The van der Waals surface area contributed by atoms with Gasteiger partial charge in [-0.25, -0.2) is 19.9 Å². The Hall–Kier alpha value is -6.95. The molecule has 0 saturated heterocycles. The van der Waals surface area contributed by atoms with Crippen LogP contribution in [-0.4, -0.2) is 19.9 Å². The summed E-state index contributed by atoms with van der Waals surface area (Å²) in [6.07, 6.45) is 3.73. The van der Waals surface area contributed by atoms with E-state index in [2.05, 4.69) is 133 Å². The number of benzene rings is 7. The molecular formula is C51H32N4S. The lowest BCUT2D eigenvalue weighted by Gasteiger charge is -2.42. The molecule has 56 heavy (non-hydrogen) atoms. The molecule has 0 radical (unpaired) electrons. The van der Waals surface area contributed by atoms with Gasteiger partial charge in [0.05, 0.1) is 16.8 Å². The van der Waals surface area contributed by atoms with Gasteiger partial charge in [-0.05, 0) is 68.8 Å². The Labute approximate surface area is 329 Å². The average Bonchev–Trinajstić information content (AvgIpc) is 3.38. The van der Waals surface area contributed by atoms with E-state index >= 15 is 0 Å². The molecule has 262 valence electrons. The van der Waals surface area contributed by atoms with Crippen LogP contribution in [0.3, 0.4) is 0 Å². The van der Waals surface area contributed by atoms with Crippen molar-refractivity contribution in [2.45, 2.75) is 15.2 Å². The van der Waals surface area contributed by atoms with E-state index < -0.39 is 5.41 Å². The molecule has 0 amide bonds. The van der Waals surface area contributed by atoms with Crippen LogP contribution in [0.25, 0.3) is 67.5 Å². The summed E-state index contributed by atoms with van der Waals surface area (Å²) >= 11 is 1.86. The molecule has 2 aromatic heterocycles. The minimum absolute atomic E-state index is 0.612. The van der Waals surface area contributed by atoms with Gasteiger partial charge in [0.15, 0.2) is 11.6 Å². The lowest BCUT2D eigenvalue weighted by Crippen LogP contribution is -2.34. The maximum atomic E-state index is 5.29. The molecule has 0 bridgehead atoms. The van der Waals surface area contributed by atoms with Crippen molar-refractivity contribution in [1.29, 1.82) is 0 Å². The minimum atomic E-state index is -0.612. The summed E-state index contributed by atoms with van der Waals surface area (Å²) < 4.78 is 0. The molecule has 1 aliphatic heterocycles. The van der Waals surface area contributed by atoms with E-state index in [4.69, 9.17) is 19.9 Å². The highest BCUT2D eigenvalue weighted by molar-refractivity contribution is 7.99. The van der Waals surface area contributed by atoms with Crippen LogP contribution in [0.4, 0.5) is 0 Å². The molecule has 1 aliphatic carbocycles. The molecule has 3 heterocycles. The summed E-state index contributed by atoms with van der Waals surface area (Å²) in [5.74, 6) is 1.32. The fourth-order valence-electron chi connectivity index (χ4n) is 8.62. The van der Waals surface area contributed by atoms with Gasteiger partial charge in [0.1, 0.15) is 0 Å². The molecule has 0 fully saturated rings. The van der Waals surface area contributed by atoms with Gasteiger partial charge in [-0.15, -0.1) is 0 Å². The molecule has 9 aromatic rings. The first kappa shape index (κ1) is 32.5. The Morgan fingerprint density at radius 1 is 0.339 bits per heavy atom. The largest absolute Gasteiger partial charge is 0.236 e. The van der Waals surface area contributed by atoms with Gasteiger partial charge in [-0.2, -0.15) is 0 Å². The SMILES string of the molecule is c1ccc(-c2ncc(-c3cc(-c4ccc5c(c4)C4(c6ccccc6Sc6ccccc64)c4ccccc4-c4ccccc4-5)nc(-c4ccccc4)n3)cn2)cc1. The van der Waals surface area contributed by atoms with Crippen LogP contribution in [0, 0.1) is 0 Å². The molecule has 0 unspecified atom stereocenters. The summed E-state index contributed by atoms with van der Waals surface area (Å²) in [6, 6.07) is 65.0. The van der Waals surface area contributed by atoms with Crippen LogP contribution in [0.2, 0.25) is 0 Å². The molecule has 2 aliphatic rings. The first-order chi connectivity index (χ1) is 27.8. The van der Waals surface area contributed by atoms with E-state index in [0.717, 1.165) is 33.6 Å². The lowest BCUT2D eigenvalue weighted by molar-refractivity contribution is 0.708. The van der Waals surface area contributed by atoms with Crippen molar-refractivity contribution in [2.75, 3.05) is 0 Å². The molecule has 4 nitrogen and oxygen atoms in total. The third-order valence-corrected chi connectivity index (χ3v) is 12.2. The van der Waals surface area contributed by atoms with Crippen molar-refractivity contribution in [1.82, 2.24) is 19.9 Å². The van der Waals surface area contributed by atoms with Crippen LogP contribution in [0.15, 0.2) is 204 Å². The Balaban J connectivity index is 1.19. The highest BCUT2D eigenvalue weighted by atomic mass is 32.2. The molecule has 1 spiro atoms. The quantitative estimate of drug-likeness (QED) is 0.180. The standard InChI is InChI=1S/C51H32N4S/c1-3-15-33(16-4-1)49-52-31-36(32-53-49)46-30-45(54-50(55-46)34-17-5-2-6-18-34)35-27-28-40-38-20-8-7-19-37(38)39-21-9-10-22-41(39)51(44(40)29-35)42-23-11-13-25-47(42)56-48-26-14-12-24-43(48)51/h1-32H. The van der Waals surface area contributed by atoms with Crippen molar-refractivity contribution in [2.24, 2.45) is 0 Å². The molecule has 5 heteroatoms. The van der Waals surface area contributed by atoms with E-state index in [-0.39, 0.29) is 0 Å². The number of hydrogen-bond donors (Lipinski definition) is 0. The predicted octanol–water partition coefficient (Wildman–Crippen LogP) is 12.4. The zero-order valence-corrected chi connectivity index (χ0v) is 31.0. The normalized spacial score (nSPS) is 13.1. The summed E-state index contributed by atoms with van der Waals surface area (Å²) in [5.41, 5.74) is 14.7. The van der Waals surface area contributed by atoms with E-state index in [1.54, 1.807) is 0 Å². The van der Waals surface area contributed by atoms with Crippen molar-refractivity contribution < 1.29 is 0 Å². The molecule has 0 N–H and O–H groups in total. The molecular weight excluding hydrogens is 701 g/mol. The van der Waals surface area contributed by atoms with Crippen molar-refractivity contribution >= 4 is 11.8 Å². The number of nitrogens with zero attached hydrogens (tertiary/aromatic N) is 4. The van der Waals surface area contributed by atoms with Crippen LogP contribution in [0.5, 0.6) is 0 Å². The predicted molar refractivity (Wildman–Crippen MR) is 226 cm³/mol. The van der Waals surface area contributed by atoms with Gasteiger partial charge in [0.2, 0.25) is 0 Å². The van der Waals surface area contributed by atoms with E-state index in [9.17, 15) is 0 Å². The Morgan fingerprint density at radius 3 is 1.45 bits per heavy atom. The number of aromatic nitrogens is 4. The van der Waals surface area contributed by atoms with Gasteiger partial charge >= 0.3 is 0 Å². The second-order valence-corrected chi connectivity index (χ2v) is 15.3. The van der Waals surface area contributed by atoms with Crippen LogP contribution < -0.4 is 0 Å². The topological polar surface area (TPSA) is 51.6 Å². The van der Waals surface area contributed by atoms with Crippen molar-refractivity contribution in [3.05, 3.63) is 217 Å². The monoisotopic (exact) mass is 732 g/mol. The fourth-order valence-corrected chi connectivity index (χ4v) is 9.81. The zero-order valence-electron chi connectivity index (χ0n) is 30.2. The molecule has 11 rings (SSSR count). The van der Waals surface area contributed by atoms with Gasteiger partial charge in [0, 0.05) is 44.4 Å². The van der Waals surface area contributed by atoms with E-state index in [0.29, 0.717) is 11.6 Å². The fraction of sp³-hybridized carbons (Fsp3) is 0.0196. The van der Waals surface area contributed by atoms with Crippen LogP contribution >= 0.6 is 11.8 Å². The average molecular weight is 733 g/mol. The van der Waals surface area contributed by atoms with Gasteiger partial charge < -0.3 is 0 Å².